The number of nitrogens with one attached hydrogen (secondary N) is 1. The first-order valence-electron chi connectivity index (χ1n) is 9.14. The molecule has 0 spiro atoms. The number of nitrogens with zero attached hydrogens (tertiary/aromatic N) is 1. The number of fused-ring (bicyclic) bond motifs is 1. The molecule has 4 heteroatoms. The van der Waals surface area contributed by atoms with Crippen LogP contribution in [-0.4, -0.2) is 37.0 Å². The van der Waals surface area contributed by atoms with Crippen molar-refractivity contribution in [2.24, 2.45) is 0 Å². The second-order valence-electron chi connectivity index (χ2n) is 6.55. The van der Waals surface area contributed by atoms with Gasteiger partial charge in [-0.15, -0.1) is 6.58 Å². The Morgan fingerprint density at radius 2 is 1.96 bits per heavy atom. The smallest absolute Gasteiger partial charge is 0.234 e. The lowest BCUT2D eigenvalue weighted by atomic mass is 10.0. The van der Waals surface area contributed by atoms with Gasteiger partial charge in [0.05, 0.1) is 19.2 Å². The van der Waals surface area contributed by atoms with E-state index in [2.05, 4.69) is 28.9 Å². The van der Waals surface area contributed by atoms with E-state index in [1.165, 1.54) is 5.56 Å². The molecule has 0 aromatic heterocycles. The summed E-state index contributed by atoms with van der Waals surface area (Å²) in [6.07, 6.45) is 3.57. The molecule has 0 aliphatic carbocycles. The number of carbonyl (C=O) groups is 1. The van der Waals surface area contributed by atoms with Crippen LogP contribution in [0.2, 0.25) is 0 Å². The number of hydrogen-bond donors (Lipinski definition) is 1. The summed E-state index contributed by atoms with van der Waals surface area (Å²) in [4.78, 5) is 14.7. The Morgan fingerprint density at radius 1 is 1.19 bits per heavy atom. The summed E-state index contributed by atoms with van der Waals surface area (Å²) >= 11 is 0. The number of para-hydroxylation sites is 1. The molecule has 0 saturated heterocycles. The van der Waals surface area contributed by atoms with E-state index in [1.807, 2.05) is 48.5 Å². The van der Waals surface area contributed by atoms with Crippen LogP contribution in [-0.2, 0) is 11.2 Å². The summed E-state index contributed by atoms with van der Waals surface area (Å²) in [5, 5.41) is 3.17. The Kier molecular flexibility index (Phi) is 6.45. The quantitative estimate of drug-likeness (QED) is 0.742. The molecule has 0 radical (unpaired) electrons. The number of ether oxygens (including phenoxy) is 1. The van der Waals surface area contributed by atoms with Gasteiger partial charge in [-0.25, -0.2) is 0 Å². The molecule has 1 aliphatic heterocycles. The average molecular weight is 350 g/mol. The van der Waals surface area contributed by atoms with Crippen molar-refractivity contribution in [3.05, 3.63) is 78.4 Å². The number of hydrogen-bond acceptors (Lipinski definition) is 3. The summed E-state index contributed by atoms with van der Waals surface area (Å²) in [6.45, 7) is 6.35. The lowest BCUT2D eigenvalue weighted by Gasteiger charge is -2.28. The zero-order valence-electron chi connectivity index (χ0n) is 15.1. The lowest BCUT2D eigenvalue weighted by Crippen LogP contribution is -2.41. The maximum atomic E-state index is 12.6. The third-order valence-electron chi connectivity index (χ3n) is 4.61. The summed E-state index contributed by atoms with van der Waals surface area (Å²) in [7, 11) is 0. The van der Waals surface area contributed by atoms with Gasteiger partial charge < -0.3 is 10.1 Å². The molecular weight excluding hydrogens is 324 g/mol. The molecule has 0 bridgehead atoms. The molecule has 2 aromatic rings. The van der Waals surface area contributed by atoms with E-state index >= 15 is 0 Å². The van der Waals surface area contributed by atoms with Crippen LogP contribution in [0.5, 0.6) is 5.75 Å². The van der Waals surface area contributed by atoms with Crippen LogP contribution in [0.15, 0.2) is 67.3 Å². The normalized spacial score (nSPS) is 15.8. The molecule has 136 valence electrons. The summed E-state index contributed by atoms with van der Waals surface area (Å²) in [5.41, 5.74) is 2.34. The molecule has 1 amide bonds. The van der Waals surface area contributed by atoms with Crippen LogP contribution in [0.3, 0.4) is 0 Å². The highest BCUT2D eigenvalue weighted by atomic mass is 16.5. The van der Waals surface area contributed by atoms with Crippen LogP contribution in [0.4, 0.5) is 0 Å². The molecule has 1 N–H and O–H groups in total. The van der Waals surface area contributed by atoms with Gasteiger partial charge in [0, 0.05) is 25.1 Å². The minimum absolute atomic E-state index is 0.0205. The number of carbonyl (C=O) groups excluding carboxylic acids is 1. The van der Waals surface area contributed by atoms with E-state index in [-0.39, 0.29) is 11.9 Å². The summed E-state index contributed by atoms with van der Waals surface area (Å²) in [5.74, 6) is 0.915. The fourth-order valence-corrected chi connectivity index (χ4v) is 3.28. The van der Waals surface area contributed by atoms with E-state index < -0.39 is 0 Å². The van der Waals surface area contributed by atoms with Crippen molar-refractivity contribution in [3.63, 3.8) is 0 Å². The first-order valence-corrected chi connectivity index (χ1v) is 9.14. The highest BCUT2D eigenvalue weighted by molar-refractivity contribution is 5.78. The lowest BCUT2D eigenvalue weighted by molar-refractivity contribution is -0.123. The molecule has 26 heavy (non-hydrogen) atoms. The van der Waals surface area contributed by atoms with Crippen molar-refractivity contribution in [2.45, 2.75) is 18.9 Å². The highest BCUT2D eigenvalue weighted by Crippen LogP contribution is 2.31. The molecule has 0 fully saturated rings. The van der Waals surface area contributed by atoms with E-state index in [4.69, 9.17) is 4.74 Å². The van der Waals surface area contributed by atoms with Crippen LogP contribution in [0, 0.1) is 0 Å². The Labute approximate surface area is 155 Å². The third kappa shape index (κ3) is 4.96. The molecule has 1 atom stereocenters. The third-order valence-corrected chi connectivity index (χ3v) is 4.61. The van der Waals surface area contributed by atoms with Crippen LogP contribution in [0.1, 0.15) is 23.6 Å². The zero-order chi connectivity index (χ0) is 18.2. The molecule has 1 unspecified atom stereocenters. The van der Waals surface area contributed by atoms with Gasteiger partial charge in [-0.3, -0.25) is 9.69 Å². The number of amides is 1. The maximum Gasteiger partial charge on any atom is 0.234 e. The van der Waals surface area contributed by atoms with Gasteiger partial charge in [0.25, 0.3) is 0 Å². The van der Waals surface area contributed by atoms with Gasteiger partial charge >= 0.3 is 0 Å². The van der Waals surface area contributed by atoms with Gasteiger partial charge in [-0.2, -0.15) is 0 Å². The molecule has 1 aliphatic rings. The van der Waals surface area contributed by atoms with Crippen molar-refractivity contribution in [1.29, 1.82) is 0 Å². The van der Waals surface area contributed by atoms with E-state index in [0.717, 1.165) is 30.7 Å². The molecule has 0 saturated carbocycles. The van der Waals surface area contributed by atoms with Gasteiger partial charge in [0.1, 0.15) is 5.75 Å². The number of rotatable bonds is 8. The van der Waals surface area contributed by atoms with Crippen molar-refractivity contribution in [1.82, 2.24) is 10.2 Å². The van der Waals surface area contributed by atoms with Gasteiger partial charge in [-0.05, 0) is 18.1 Å². The van der Waals surface area contributed by atoms with E-state index in [1.54, 1.807) is 0 Å². The summed E-state index contributed by atoms with van der Waals surface area (Å²) < 4.78 is 5.67. The minimum Gasteiger partial charge on any atom is -0.493 e. The SMILES string of the molecule is C=CCN(CCc1ccccc1)CC(=O)NC1CCOc2ccccc21. The largest absolute Gasteiger partial charge is 0.493 e. The first-order chi connectivity index (χ1) is 12.8. The predicted molar refractivity (Wildman–Crippen MR) is 104 cm³/mol. The van der Waals surface area contributed by atoms with Crippen LogP contribution in [0.25, 0.3) is 0 Å². The summed E-state index contributed by atoms with van der Waals surface area (Å²) in [6, 6.07) is 18.3. The topological polar surface area (TPSA) is 41.6 Å². The minimum atomic E-state index is 0.0205. The van der Waals surface area contributed by atoms with Crippen molar-refractivity contribution in [2.75, 3.05) is 26.2 Å². The maximum absolute atomic E-state index is 12.6. The molecule has 2 aromatic carbocycles. The van der Waals surface area contributed by atoms with Crippen molar-refractivity contribution >= 4 is 5.91 Å². The second-order valence-corrected chi connectivity index (χ2v) is 6.55. The fraction of sp³-hybridized carbons (Fsp3) is 0.318. The van der Waals surface area contributed by atoms with Crippen LogP contribution >= 0.6 is 0 Å². The van der Waals surface area contributed by atoms with Gasteiger partial charge in [0.15, 0.2) is 0 Å². The molecular formula is C22H26N2O2. The van der Waals surface area contributed by atoms with Crippen molar-refractivity contribution in [3.8, 4) is 5.75 Å². The predicted octanol–water partition coefficient (Wildman–Crippen LogP) is 3.36. The fourth-order valence-electron chi connectivity index (χ4n) is 3.28. The Balaban J connectivity index is 1.56. The second kappa shape index (κ2) is 9.20. The Morgan fingerprint density at radius 3 is 2.77 bits per heavy atom. The van der Waals surface area contributed by atoms with E-state index in [0.29, 0.717) is 19.7 Å². The highest BCUT2D eigenvalue weighted by Gasteiger charge is 2.23. The van der Waals surface area contributed by atoms with E-state index in [9.17, 15) is 4.79 Å². The standard InChI is InChI=1S/C22H26N2O2/c1-2-14-24(15-12-18-8-4-3-5-9-18)17-22(25)23-20-13-16-26-21-11-7-6-10-19(20)21/h2-11,20H,1,12-17H2,(H,23,25). The average Bonchev–Trinajstić information content (AvgIpc) is 2.67. The Hall–Kier alpha value is -2.59. The van der Waals surface area contributed by atoms with Crippen molar-refractivity contribution < 1.29 is 9.53 Å². The Bertz CT molecular complexity index is 730. The zero-order valence-corrected chi connectivity index (χ0v) is 15.1. The molecule has 4 nitrogen and oxygen atoms in total. The van der Waals surface area contributed by atoms with Gasteiger partial charge in [-0.1, -0.05) is 54.6 Å². The molecule has 3 rings (SSSR count). The van der Waals surface area contributed by atoms with Gasteiger partial charge in [0.2, 0.25) is 5.91 Å². The first kappa shape index (κ1) is 18.2. The molecule has 1 heterocycles. The monoisotopic (exact) mass is 350 g/mol. The number of benzene rings is 2. The van der Waals surface area contributed by atoms with Crippen LogP contribution < -0.4 is 10.1 Å².